The van der Waals surface area contributed by atoms with E-state index in [-0.39, 0.29) is 57.7 Å². The Balaban J connectivity index is 0. The van der Waals surface area contributed by atoms with Crippen LogP contribution in [0, 0.1) is 0 Å². The van der Waals surface area contributed by atoms with Gasteiger partial charge in [-0.25, -0.2) is 0 Å². The van der Waals surface area contributed by atoms with E-state index in [1.54, 1.807) is 0 Å². The molecule has 2 nitrogen and oxygen atoms in total. The van der Waals surface area contributed by atoms with E-state index < -0.39 is 0 Å². The topological polar surface area (TPSA) is 63.0 Å². The van der Waals surface area contributed by atoms with Crippen LogP contribution in [0.1, 0.15) is 0 Å². The fourth-order valence-electron chi connectivity index (χ4n) is 0. The monoisotopic (exact) mass is 348 g/mol. The fraction of sp³-hybridized carbons (Fsp3) is 0. The van der Waals surface area contributed by atoms with Gasteiger partial charge in [-0.15, -0.1) is 0 Å². The molecule has 2 radical (unpaired) electrons. The van der Waals surface area contributed by atoms with Crippen LogP contribution in [0.2, 0.25) is 0 Å². The minimum atomic E-state index is 0. The Morgan fingerprint density at radius 1 is 0.750 bits per heavy atom. The van der Waals surface area contributed by atoms with Gasteiger partial charge in [0.2, 0.25) is 0 Å². The molecule has 0 unspecified atom stereocenters. The Morgan fingerprint density at radius 2 is 0.750 bits per heavy atom. The van der Waals surface area contributed by atoms with Crippen molar-refractivity contribution >= 4 is 27.3 Å². The van der Waals surface area contributed by atoms with E-state index in [1.807, 2.05) is 0 Å². The van der Waals surface area contributed by atoms with Crippen LogP contribution in [0.5, 0.6) is 0 Å². The second-order valence-electron chi connectivity index (χ2n) is 0. The van der Waals surface area contributed by atoms with Crippen molar-refractivity contribution < 1.29 is 30.4 Å². The molecule has 30 valence electrons. The fourth-order valence-corrected chi connectivity index (χ4v) is 0. The molecular formula is H6O2PbRu. The van der Waals surface area contributed by atoms with Gasteiger partial charge in [0.1, 0.15) is 0 Å². The van der Waals surface area contributed by atoms with Crippen LogP contribution < -0.4 is 0 Å². The summed E-state index contributed by atoms with van der Waals surface area (Å²) in [7, 11) is 0. The maximum absolute atomic E-state index is 0. The third-order valence-electron chi connectivity index (χ3n) is 0. The molecule has 0 spiro atoms. The van der Waals surface area contributed by atoms with Crippen LogP contribution in [0.4, 0.5) is 0 Å². The molecule has 0 aliphatic heterocycles. The minimum Gasteiger partial charge on any atom is 0 e. The minimum absolute atomic E-state index is 0. The number of rotatable bonds is 0. The average molecular weight is 346 g/mol. The van der Waals surface area contributed by atoms with Gasteiger partial charge in [-0.05, 0) is 0 Å². The predicted octanol–water partition coefficient (Wildman–Crippen LogP) is -2.57. The predicted molar refractivity (Wildman–Crippen MR) is 15.8 cm³/mol. The van der Waals surface area contributed by atoms with E-state index in [0.717, 1.165) is 0 Å². The van der Waals surface area contributed by atoms with Gasteiger partial charge in [0, 0.05) is 19.5 Å². The molecule has 0 aromatic carbocycles. The van der Waals surface area contributed by atoms with Crippen LogP contribution in [0.3, 0.4) is 0 Å². The first-order valence-corrected chi connectivity index (χ1v) is 0. The molecule has 0 bridgehead atoms. The molecule has 0 aliphatic carbocycles. The van der Waals surface area contributed by atoms with Crippen molar-refractivity contribution in [3.8, 4) is 0 Å². The second kappa shape index (κ2) is 25.0. The summed E-state index contributed by atoms with van der Waals surface area (Å²) in [5.74, 6) is 0. The normalized spacial score (nSPS) is 0. The summed E-state index contributed by atoms with van der Waals surface area (Å²) >= 11 is 0. The molecule has 0 saturated heterocycles. The molecule has 0 aliphatic rings. The molecule has 0 amide bonds. The van der Waals surface area contributed by atoms with Crippen LogP contribution in [-0.4, -0.2) is 38.3 Å². The quantitative estimate of drug-likeness (QED) is 0.433. The summed E-state index contributed by atoms with van der Waals surface area (Å²) in [6.07, 6.45) is 0. The summed E-state index contributed by atoms with van der Waals surface area (Å²) < 4.78 is 0. The zero-order valence-corrected chi connectivity index (χ0v) is 9.30. The maximum Gasteiger partial charge on any atom is 0 e. The van der Waals surface area contributed by atoms with Crippen LogP contribution in [-0.2, 0) is 19.5 Å². The molecule has 0 fully saturated rings. The molecule has 0 rings (SSSR count). The Morgan fingerprint density at radius 3 is 0.750 bits per heavy atom. The zero-order valence-electron chi connectivity index (χ0n) is 2.06. The van der Waals surface area contributed by atoms with Gasteiger partial charge in [0.05, 0.1) is 0 Å². The SMILES string of the molecule is O.O.[PbH2].[Ru]. The van der Waals surface area contributed by atoms with Gasteiger partial charge >= 0.3 is 27.3 Å². The van der Waals surface area contributed by atoms with Crippen molar-refractivity contribution in [2.45, 2.75) is 0 Å². The van der Waals surface area contributed by atoms with Crippen molar-refractivity contribution in [2.24, 2.45) is 0 Å². The molecule has 0 atom stereocenters. The van der Waals surface area contributed by atoms with Gasteiger partial charge in [-0.2, -0.15) is 0 Å². The first kappa shape index (κ1) is 50.7. The Labute approximate surface area is 57.5 Å². The summed E-state index contributed by atoms with van der Waals surface area (Å²) in [5, 5.41) is 0. The van der Waals surface area contributed by atoms with Gasteiger partial charge in [0.15, 0.2) is 0 Å². The Bertz CT molecular complexity index is 6.00. The summed E-state index contributed by atoms with van der Waals surface area (Å²) in [6, 6.07) is 0. The average Bonchev–Trinajstić information content (AvgIpc) is 0. The van der Waals surface area contributed by atoms with Crippen molar-refractivity contribution in [1.82, 2.24) is 0 Å². The van der Waals surface area contributed by atoms with Gasteiger partial charge in [-0.1, -0.05) is 0 Å². The molecular weight excluding hydrogens is 340 g/mol. The molecule has 4 N–H and O–H groups in total. The first-order chi connectivity index (χ1) is 0. The third kappa shape index (κ3) is 9.81. The van der Waals surface area contributed by atoms with Gasteiger partial charge < -0.3 is 11.0 Å². The smallest absolute Gasteiger partial charge is 0 e. The third-order valence-corrected chi connectivity index (χ3v) is 0. The largest absolute Gasteiger partial charge is 0 e. The molecule has 4 heteroatoms. The van der Waals surface area contributed by atoms with E-state index >= 15 is 0 Å². The van der Waals surface area contributed by atoms with Crippen molar-refractivity contribution in [2.75, 3.05) is 0 Å². The summed E-state index contributed by atoms with van der Waals surface area (Å²) in [5.41, 5.74) is 0. The molecule has 0 saturated carbocycles. The van der Waals surface area contributed by atoms with Gasteiger partial charge in [-0.3, -0.25) is 0 Å². The van der Waals surface area contributed by atoms with Crippen LogP contribution >= 0.6 is 0 Å². The number of hydrogen-bond acceptors (Lipinski definition) is 0. The molecule has 0 aromatic heterocycles. The van der Waals surface area contributed by atoms with Crippen LogP contribution in [0.15, 0.2) is 0 Å². The Hall–Kier alpha value is 1.47. The van der Waals surface area contributed by atoms with E-state index in [0.29, 0.717) is 0 Å². The molecule has 0 aromatic rings. The maximum atomic E-state index is 0. The van der Waals surface area contributed by atoms with E-state index in [4.69, 9.17) is 0 Å². The molecule has 0 heterocycles. The van der Waals surface area contributed by atoms with Crippen LogP contribution in [0.25, 0.3) is 0 Å². The summed E-state index contributed by atoms with van der Waals surface area (Å²) in [4.78, 5) is 0. The van der Waals surface area contributed by atoms with Crippen molar-refractivity contribution in [3.63, 3.8) is 0 Å². The zero-order chi connectivity index (χ0) is 0. The van der Waals surface area contributed by atoms with Crippen molar-refractivity contribution in [1.29, 1.82) is 0 Å². The van der Waals surface area contributed by atoms with E-state index in [2.05, 4.69) is 0 Å². The number of hydrogen-bond donors (Lipinski definition) is 0. The van der Waals surface area contributed by atoms with Crippen molar-refractivity contribution in [3.05, 3.63) is 0 Å². The second-order valence-corrected chi connectivity index (χ2v) is 0. The van der Waals surface area contributed by atoms with E-state index in [1.165, 1.54) is 0 Å². The Kier molecular flexibility index (Phi) is 317. The van der Waals surface area contributed by atoms with Gasteiger partial charge in [0.25, 0.3) is 0 Å². The standard InChI is InChI=1S/2H2O.Pb.Ru.2H/h2*1H2;;;;. The first-order valence-electron chi connectivity index (χ1n) is 0. The molecule has 4 heavy (non-hydrogen) atoms. The van der Waals surface area contributed by atoms with E-state index in [9.17, 15) is 0 Å². The summed E-state index contributed by atoms with van der Waals surface area (Å²) in [6.45, 7) is 0.